The third kappa shape index (κ3) is 3.07. The molecule has 0 aliphatic carbocycles. The van der Waals surface area contributed by atoms with Gasteiger partial charge in [-0.05, 0) is 6.92 Å². The van der Waals surface area contributed by atoms with E-state index in [4.69, 9.17) is 19.9 Å². The highest BCUT2D eigenvalue weighted by Crippen LogP contribution is 2.32. The molecule has 2 aromatic rings. The molecule has 0 radical (unpaired) electrons. The fraction of sp³-hybridized carbons (Fsp3) is 0.286. The van der Waals surface area contributed by atoms with Crippen molar-refractivity contribution in [1.29, 1.82) is 0 Å². The van der Waals surface area contributed by atoms with E-state index in [2.05, 4.69) is 10.1 Å². The maximum Gasteiger partial charge on any atom is 0.221 e. The minimum Gasteiger partial charge on any atom is -0.496 e. The van der Waals surface area contributed by atoms with Crippen LogP contribution in [0.4, 0.5) is 5.95 Å². The zero-order chi connectivity index (χ0) is 15.4. The predicted molar refractivity (Wildman–Crippen MR) is 80.5 cm³/mol. The lowest BCUT2D eigenvalue weighted by Crippen LogP contribution is -2.00. The van der Waals surface area contributed by atoms with Crippen LogP contribution in [0.2, 0.25) is 0 Å². The standard InChI is InChI=1S/C14H18N4O3/c1-9-8-18(14(15)17-9)16-7-11-12(20-3)5-10(19-2)6-13(11)21-4/h5-8H,1-4H3,(H2,15,17). The van der Waals surface area contributed by atoms with Gasteiger partial charge in [-0.2, -0.15) is 5.10 Å². The number of nitrogens with zero attached hydrogens (tertiary/aromatic N) is 3. The molecule has 0 aliphatic heterocycles. The van der Waals surface area contributed by atoms with Crippen molar-refractivity contribution in [1.82, 2.24) is 9.66 Å². The van der Waals surface area contributed by atoms with Gasteiger partial charge in [-0.25, -0.2) is 9.66 Å². The molecule has 0 bridgehead atoms. The summed E-state index contributed by atoms with van der Waals surface area (Å²) in [5, 5.41) is 4.27. The average molecular weight is 290 g/mol. The summed E-state index contributed by atoms with van der Waals surface area (Å²) in [6.07, 6.45) is 3.34. The normalized spacial score (nSPS) is 10.9. The molecule has 1 aromatic heterocycles. The third-order valence-electron chi connectivity index (χ3n) is 2.90. The molecule has 0 fully saturated rings. The highest BCUT2D eigenvalue weighted by molar-refractivity contribution is 5.88. The minimum atomic E-state index is 0.315. The number of ether oxygens (including phenoxy) is 3. The predicted octanol–water partition coefficient (Wildman–Crippen LogP) is 1.68. The number of benzene rings is 1. The molecule has 0 atom stereocenters. The number of methoxy groups -OCH3 is 3. The molecule has 0 saturated heterocycles. The van der Waals surface area contributed by atoms with E-state index in [0.717, 1.165) is 5.69 Å². The summed E-state index contributed by atoms with van der Waals surface area (Å²) in [6.45, 7) is 1.84. The van der Waals surface area contributed by atoms with Gasteiger partial charge in [-0.3, -0.25) is 0 Å². The Hall–Kier alpha value is -2.70. The van der Waals surface area contributed by atoms with Crippen LogP contribution < -0.4 is 19.9 Å². The first-order valence-corrected chi connectivity index (χ1v) is 6.25. The first-order chi connectivity index (χ1) is 10.1. The van der Waals surface area contributed by atoms with Gasteiger partial charge >= 0.3 is 0 Å². The SMILES string of the molecule is COc1cc(OC)c(C=Nn2cc(C)nc2N)c(OC)c1. The molecular weight excluding hydrogens is 272 g/mol. The summed E-state index contributed by atoms with van der Waals surface area (Å²) in [5.41, 5.74) is 7.22. The summed E-state index contributed by atoms with van der Waals surface area (Å²) >= 11 is 0. The second-order valence-electron chi connectivity index (χ2n) is 4.28. The van der Waals surface area contributed by atoms with Crippen molar-refractivity contribution in [2.45, 2.75) is 6.92 Å². The van der Waals surface area contributed by atoms with Crippen LogP contribution in [0.15, 0.2) is 23.4 Å². The first kappa shape index (κ1) is 14.7. The van der Waals surface area contributed by atoms with Crippen molar-refractivity contribution < 1.29 is 14.2 Å². The fourth-order valence-electron chi connectivity index (χ4n) is 1.88. The second-order valence-corrected chi connectivity index (χ2v) is 4.28. The van der Waals surface area contributed by atoms with Crippen molar-refractivity contribution in [3.63, 3.8) is 0 Å². The number of rotatable bonds is 5. The summed E-state index contributed by atoms with van der Waals surface area (Å²) in [7, 11) is 4.72. The Morgan fingerprint density at radius 3 is 2.19 bits per heavy atom. The van der Waals surface area contributed by atoms with E-state index in [1.54, 1.807) is 45.9 Å². The Bertz CT molecular complexity index is 639. The van der Waals surface area contributed by atoms with Gasteiger partial charge in [0.25, 0.3) is 0 Å². The summed E-state index contributed by atoms with van der Waals surface area (Å²) in [6, 6.07) is 3.51. The van der Waals surface area contributed by atoms with Crippen LogP contribution in [0.5, 0.6) is 17.2 Å². The van der Waals surface area contributed by atoms with Crippen LogP contribution in [0.1, 0.15) is 11.3 Å². The Morgan fingerprint density at radius 2 is 1.76 bits per heavy atom. The Labute approximate surface area is 122 Å². The lowest BCUT2D eigenvalue weighted by molar-refractivity contribution is 0.374. The summed E-state index contributed by atoms with van der Waals surface area (Å²) in [4.78, 5) is 4.08. The molecule has 7 nitrogen and oxygen atoms in total. The van der Waals surface area contributed by atoms with Gasteiger partial charge in [0.2, 0.25) is 5.95 Å². The first-order valence-electron chi connectivity index (χ1n) is 6.25. The van der Waals surface area contributed by atoms with Crippen LogP contribution in [0.25, 0.3) is 0 Å². The molecular formula is C14H18N4O3. The Balaban J connectivity index is 2.45. The summed E-state index contributed by atoms with van der Waals surface area (Å²) in [5.74, 6) is 2.13. The van der Waals surface area contributed by atoms with Gasteiger partial charge in [0, 0.05) is 12.1 Å². The average Bonchev–Trinajstić information content (AvgIpc) is 2.81. The molecule has 21 heavy (non-hydrogen) atoms. The lowest BCUT2D eigenvalue weighted by atomic mass is 10.2. The van der Waals surface area contributed by atoms with Gasteiger partial charge in [0.1, 0.15) is 17.2 Å². The molecule has 0 saturated carbocycles. The number of nitrogens with two attached hydrogens (primary N) is 1. The zero-order valence-corrected chi connectivity index (χ0v) is 12.5. The number of hydrogen-bond acceptors (Lipinski definition) is 6. The van der Waals surface area contributed by atoms with Crippen molar-refractivity contribution in [2.24, 2.45) is 5.10 Å². The van der Waals surface area contributed by atoms with Gasteiger partial charge in [0.05, 0.1) is 45.0 Å². The number of nitrogen functional groups attached to an aromatic ring is 1. The Kier molecular flexibility index (Phi) is 4.32. The Morgan fingerprint density at radius 1 is 1.14 bits per heavy atom. The van der Waals surface area contributed by atoms with Crippen molar-refractivity contribution in [3.8, 4) is 17.2 Å². The highest BCUT2D eigenvalue weighted by atomic mass is 16.5. The van der Waals surface area contributed by atoms with Gasteiger partial charge in [-0.15, -0.1) is 0 Å². The van der Waals surface area contributed by atoms with Crippen LogP contribution in [-0.4, -0.2) is 37.2 Å². The number of hydrogen-bond donors (Lipinski definition) is 1. The topological polar surface area (TPSA) is 83.9 Å². The third-order valence-corrected chi connectivity index (χ3v) is 2.90. The fourth-order valence-corrected chi connectivity index (χ4v) is 1.88. The second kappa shape index (κ2) is 6.17. The smallest absolute Gasteiger partial charge is 0.221 e. The molecule has 1 aromatic carbocycles. The van der Waals surface area contributed by atoms with Gasteiger partial charge < -0.3 is 19.9 Å². The van der Waals surface area contributed by atoms with Gasteiger partial charge in [-0.1, -0.05) is 0 Å². The van der Waals surface area contributed by atoms with E-state index in [-0.39, 0.29) is 0 Å². The molecule has 0 aliphatic rings. The van der Waals surface area contributed by atoms with E-state index in [0.29, 0.717) is 28.8 Å². The summed E-state index contributed by atoms with van der Waals surface area (Å²) < 4.78 is 17.4. The largest absolute Gasteiger partial charge is 0.496 e. The number of aromatic nitrogens is 2. The van der Waals surface area contributed by atoms with E-state index in [1.807, 2.05) is 6.92 Å². The minimum absolute atomic E-state index is 0.315. The van der Waals surface area contributed by atoms with Crippen LogP contribution in [-0.2, 0) is 0 Å². The molecule has 112 valence electrons. The molecule has 0 spiro atoms. The van der Waals surface area contributed by atoms with E-state index >= 15 is 0 Å². The van der Waals surface area contributed by atoms with E-state index in [9.17, 15) is 0 Å². The van der Waals surface area contributed by atoms with E-state index < -0.39 is 0 Å². The molecule has 0 amide bonds. The number of anilines is 1. The molecule has 2 N–H and O–H groups in total. The van der Waals surface area contributed by atoms with Crippen LogP contribution in [0.3, 0.4) is 0 Å². The van der Waals surface area contributed by atoms with Crippen molar-refractivity contribution in [3.05, 3.63) is 29.6 Å². The molecule has 1 heterocycles. The quantitative estimate of drug-likeness (QED) is 0.847. The maximum absolute atomic E-state index is 5.75. The molecule has 0 unspecified atom stereocenters. The monoisotopic (exact) mass is 290 g/mol. The van der Waals surface area contributed by atoms with Crippen LogP contribution in [0, 0.1) is 6.92 Å². The van der Waals surface area contributed by atoms with Crippen molar-refractivity contribution >= 4 is 12.2 Å². The van der Waals surface area contributed by atoms with Crippen LogP contribution >= 0.6 is 0 Å². The molecule has 7 heteroatoms. The number of aryl methyl sites for hydroxylation is 1. The van der Waals surface area contributed by atoms with Gasteiger partial charge in [0.15, 0.2) is 0 Å². The maximum atomic E-state index is 5.75. The van der Waals surface area contributed by atoms with E-state index in [1.165, 1.54) is 4.68 Å². The van der Waals surface area contributed by atoms with Crippen molar-refractivity contribution in [2.75, 3.05) is 27.1 Å². The zero-order valence-electron chi connectivity index (χ0n) is 12.5. The molecule has 2 rings (SSSR count). The number of imidazole rings is 1. The lowest BCUT2D eigenvalue weighted by Gasteiger charge is -2.12. The highest BCUT2D eigenvalue weighted by Gasteiger charge is 2.11.